The number of rotatable bonds is 4. The molecule has 2 rings (SSSR count). The molecule has 7 nitrogen and oxygen atoms in total. The van der Waals surface area contributed by atoms with Crippen molar-refractivity contribution in [1.82, 2.24) is 20.2 Å². The predicted molar refractivity (Wildman–Crippen MR) is 66.8 cm³/mol. The number of carboxylic acid groups (broad SMARTS) is 1. The van der Waals surface area contributed by atoms with E-state index < -0.39 is 5.97 Å². The quantitative estimate of drug-likeness (QED) is 0.897. The molecule has 0 aliphatic carbocycles. The Kier molecular flexibility index (Phi) is 3.46. The molecule has 0 unspecified atom stereocenters. The SMILES string of the molecule is COc1ccc(C(C)C)cc1-n1nnnc1C(=O)O. The van der Waals surface area contributed by atoms with Crippen LogP contribution in [-0.4, -0.2) is 38.4 Å². The summed E-state index contributed by atoms with van der Waals surface area (Å²) in [5.74, 6) is -0.630. The molecule has 100 valence electrons. The summed E-state index contributed by atoms with van der Waals surface area (Å²) in [5, 5.41) is 19.7. The van der Waals surface area contributed by atoms with Gasteiger partial charge in [0.2, 0.25) is 0 Å². The van der Waals surface area contributed by atoms with Crippen LogP contribution in [-0.2, 0) is 0 Å². The van der Waals surface area contributed by atoms with Crippen LogP contribution < -0.4 is 4.74 Å². The molecule has 1 heterocycles. The number of hydrogen-bond acceptors (Lipinski definition) is 5. The highest BCUT2D eigenvalue weighted by atomic mass is 16.5. The molecule has 0 radical (unpaired) electrons. The number of benzene rings is 1. The molecule has 0 spiro atoms. The van der Waals surface area contributed by atoms with Crippen LogP contribution in [0.2, 0.25) is 0 Å². The van der Waals surface area contributed by atoms with Gasteiger partial charge in [-0.2, -0.15) is 4.68 Å². The van der Waals surface area contributed by atoms with Gasteiger partial charge in [0.1, 0.15) is 11.4 Å². The summed E-state index contributed by atoms with van der Waals surface area (Å²) in [6, 6.07) is 5.53. The van der Waals surface area contributed by atoms with Crippen LogP contribution >= 0.6 is 0 Å². The number of carboxylic acids is 1. The molecular formula is C12H14N4O3. The fourth-order valence-corrected chi connectivity index (χ4v) is 1.71. The Labute approximate surface area is 109 Å². The van der Waals surface area contributed by atoms with Crippen molar-refractivity contribution in [3.8, 4) is 11.4 Å². The highest BCUT2D eigenvalue weighted by Crippen LogP contribution is 2.27. The molecule has 0 aliphatic heterocycles. The van der Waals surface area contributed by atoms with Gasteiger partial charge in [-0.25, -0.2) is 4.79 Å². The second-order valence-electron chi connectivity index (χ2n) is 4.31. The lowest BCUT2D eigenvalue weighted by atomic mass is 10.0. The van der Waals surface area contributed by atoms with Crippen LogP contribution in [0.1, 0.15) is 35.9 Å². The van der Waals surface area contributed by atoms with Crippen LogP contribution in [0.3, 0.4) is 0 Å². The molecule has 1 aromatic carbocycles. The Morgan fingerprint density at radius 3 is 2.74 bits per heavy atom. The summed E-state index contributed by atoms with van der Waals surface area (Å²) in [7, 11) is 1.51. The largest absolute Gasteiger partial charge is 0.494 e. The van der Waals surface area contributed by atoms with Crippen LogP contribution in [0.25, 0.3) is 5.69 Å². The van der Waals surface area contributed by atoms with Gasteiger partial charge in [-0.1, -0.05) is 19.9 Å². The van der Waals surface area contributed by atoms with Crippen LogP contribution in [0.5, 0.6) is 5.75 Å². The van der Waals surface area contributed by atoms with E-state index in [0.717, 1.165) is 10.2 Å². The fraction of sp³-hybridized carbons (Fsp3) is 0.333. The Balaban J connectivity index is 2.62. The average molecular weight is 262 g/mol. The first-order chi connectivity index (χ1) is 9.04. The van der Waals surface area contributed by atoms with E-state index in [1.165, 1.54) is 7.11 Å². The molecular weight excluding hydrogens is 248 g/mol. The summed E-state index contributed by atoms with van der Waals surface area (Å²) in [6.45, 7) is 4.09. The summed E-state index contributed by atoms with van der Waals surface area (Å²) in [5.41, 5.74) is 1.55. The van der Waals surface area contributed by atoms with Crippen molar-refractivity contribution >= 4 is 5.97 Å². The van der Waals surface area contributed by atoms with E-state index in [-0.39, 0.29) is 5.82 Å². The fourth-order valence-electron chi connectivity index (χ4n) is 1.71. The van der Waals surface area contributed by atoms with Crippen molar-refractivity contribution in [3.05, 3.63) is 29.6 Å². The lowest BCUT2D eigenvalue weighted by molar-refractivity contribution is 0.0680. The van der Waals surface area contributed by atoms with Crippen molar-refractivity contribution in [1.29, 1.82) is 0 Å². The molecule has 0 saturated carbocycles. The van der Waals surface area contributed by atoms with E-state index in [1.54, 1.807) is 6.07 Å². The maximum Gasteiger partial charge on any atom is 0.376 e. The Morgan fingerprint density at radius 1 is 1.42 bits per heavy atom. The number of aromatic nitrogens is 4. The molecule has 0 fully saturated rings. The predicted octanol–water partition coefficient (Wildman–Crippen LogP) is 1.49. The first kappa shape index (κ1) is 13.0. The van der Waals surface area contributed by atoms with Gasteiger partial charge in [0.05, 0.1) is 7.11 Å². The van der Waals surface area contributed by atoms with E-state index in [4.69, 9.17) is 9.84 Å². The zero-order valence-electron chi connectivity index (χ0n) is 10.9. The van der Waals surface area contributed by atoms with Gasteiger partial charge in [0.25, 0.3) is 5.82 Å². The smallest absolute Gasteiger partial charge is 0.376 e. The molecule has 1 N–H and O–H groups in total. The Bertz CT molecular complexity index is 607. The van der Waals surface area contributed by atoms with Gasteiger partial charge in [-0.15, -0.1) is 5.10 Å². The maximum absolute atomic E-state index is 11.1. The van der Waals surface area contributed by atoms with Gasteiger partial charge in [-0.3, -0.25) is 0 Å². The van der Waals surface area contributed by atoms with E-state index >= 15 is 0 Å². The van der Waals surface area contributed by atoms with E-state index in [9.17, 15) is 4.79 Å². The molecule has 0 amide bonds. The monoisotopic (exact) mass is 262 g/mol. The van der Waals surface area contributed by atoms with Gasteiger partial charge < -0.3 is 9.84 Å². The zero-order valence-corrected chi connectivity index (χ0v) is 10.9. The second-order valence-corrected chi connectivity index (χ2v) is 4.31. The zero-order chi connectivity index (χ0) is 14.0. The van der Waals surface area contributed by atoms with E-state index in [1.807, 2.05) is 26.0 Å². The van der Waals surface area contributed by atoms with E-state index in [2.05, 4.69) is 15.5 Å². The molecule has 19 heavy (non-hydrogen) atoms. The van der Waals surface area contributed by atoms with Crippen LogP contribution in [0.15, 0.2) is 18.2 Å². The number of nitrogens with zero attached hydrogens (tertiary/aromatic N) is 4. The number of ether oxygens (including phenoxy) is 1. The highest BCUT2D eigenvalue weighted by molar-refractivity contribution is 5.84. The van der Waals surface area contributed by atoms with Gasteiger partial charge in [0.15, 0.2) is 0 Å². The summed E-state index contributed by atoms with van der Waals surface area (Å²) < 4.78 is 6.39. The number of tetrazole rings is 1. The summed E-state index contributed by atoms with van der Waals surface area (Å²) >= 11 is 0. The standard InChI is InChI=1S/C12H14N4O3/c1-7(2)8-4-5-10(19-3)9(6-8)16-11(12(17)18)13-14-15-16/h4-7H,1-3H3,(H,17,18). The van der Waals surface area contributed by atoms with Crippen molar-refractivity contribution in [3.63, 3.8) is 0 Å². The molecule has 0 atom stereocenters. The third-order valence-corrected chi connectivity index (χ3v) is 2.76. The Morgan fingerprint density at radius 2 is 2.16 bits per heavy atom. The minimum Gasteiger partial charge on any atom is -0.494 e. The number of carbonyl (C=O) groups is 1. The first-order valence-corrected chi connectivity index (χ1v) is 5.74. The molecule has 7 heteroatoms. The molecule has 0 saturated heterocycles. The van der Waals surface area contributed by atoms with Gasteiger partial charge in [-0.05, 0) is 34.0 Å². The minimum atomic E-state index is -1.19. The van der Waals surface area contributed by atoms with Crippen LogP contribution in [0, 0.1) is 0 Å². The van der Waals surface area contributed by atoms with Crippen molar-refractivity contribution < 1.29 is 14.6 Å². The third kappa shape index (κ3) is 2.40. The van der Waals surface area contributed by atoms with Crippen molar-refractivity contribution in [2.45, 2.75) is 19.8 Å². The number of methoxy groups -OCH3 is 1. The van der Waals surface area contributed by atoms with Crippen molar-refractivity contribution in [2.75, 3.05) is 7.11 Å². The number of aromatic carboxylic acids is 1. The van der Waals surface area contributed by atoms with Gasteiger partial charge in [0, 0.05) is 0 Å². The van der Waals surface area contributed by atoms with E-state index in [0.29, 0.717) is 17.4 Å². The molecule has 0 aliphatic rings. The Hall–Kier alpha value is -2.44. The topological polar surface area (TPSA) is 90.1 Å². The lowest BCUT2D eigenvalue weighted by Crippen LogP contribution is -2.11. The maximum atomic E-state index is 11.1. The lowest BCUT2D eigenvalue weighted by Gasteiger charge is -2.12. The first-order valence-electron chi connectivity index (χ1n) is 5.74. The normalized spacial score (nSPS) is 10.7. The number of hydrogen-bond donors (Lipinski definition) is 1. The van der Waals surface area contributed by atoms with Crippen molar-refractivity contribution in [2.24, 2.45) is 0 Å². The second kappa shape index (κ2) is 5.05. The van der Waals surface area contributed by atoms with Gasteiger partial charge >= 0.3 is 5.97 Å². The molecule has 2 aromatic rings. The highest BCUT2D eigenvalue weighted by Gasteiger charge is 2.19. The minimum absolute atomic E-state index is 0.251. The third-order valence-electron chi connectivity index (χ3n) is 2.76. The van der Waals surface area contributed by atoms with Crippen LogP contribution in [0.4, 0.5) is 0 Å². The molecule has 1 aromatic heterocycles. The molecule has 0 bridgehead atoms. The average Bonchev–Trinajstić information content (AvgIpc) is 2.87. The summed E-state index contributed by atoms with van der Waals surface area (Å²) in [6.07, 6.45) is 0. The summed E-state index contributed by atoms with van der Waals surface area (Å²) in [4.78, 5) is 11.1.